The Morgan fingerprint density at radius 2 is 1.82 bits per heavy atom. The van der Waals surface area contributed by atoms with Gasteiger partial charge in [0.2, 0.25) is 0 Å². The van der Waals surface area contributed by atoms with Crippen LogP contribution in [0.1, 0.15) is 24.1 Å². The van der Waals surface area contributed by atoms with Crippen LogP contribution >= 0.6 is 11.6 Å². The van der Waals surface area contributed by atoms with Gasteiger partial charge in [0.15, 0.2) is 0 Å². The van der Waals surface area contributed by atoms with Crippen molar-refractivity contribution in [2.75, 3.05) is 6.61 Å². The fraction of sp³-hybridized carbons (Fsp3) is 0.278. The second-order valence-electron chi connectivity index (χ2n) is 5.35. The van der Waals surface area contributed by atoms with Gasteiger partial charge in [0.1, 0.15) is 6.04 Å². The second kappa shape index (κ2) is 6.51. The molecular weight excluding hydrogens is 298 g/mol. The first-order valence-corrected chi connectivity index (χ1v) is 7.80. The number of ether oxygens (including phenoxy) is 1. The summed E-state index contributed by atoms with van der Waals surface area (Å²) in [6.45, 7) is 2.97. The fourth-order valence-electron chi connectivity index (χ4n) is 2.79. The molecule has 2 aromatic rings. The SMILES string of the molecule is CCOC(=O)C1C(c2ccc(Cl)cc2)N1Cc1ccccc1. The third kappa shape index (κ3) is 3.16. The molecule has 3 atom stereocenters. The van der Waals surface area contributed by atoms with Gasteiger partial charge in [0, 0.05) is 11.6 Å². The summed E-state index contributed by atoms with van der Waals surface area (Å²) in [4.78, 5) is 14.3. The van der Waals surface area contributed by atoms with Gasteiger partial charge >= 0.3 is 5.97 Å². The zero-order chi connectivity index (χ0) is 15.5. The molecule has 3 unspecified atom stereocenters. The average molecular weight is 316 g/mol. The van der Waals surface area contributed by atoms with E-state index >= 15 is 0 Å². The van der Waals surface area contributed by atoms with Crippen LogP contribution in [-0.2, 0) is 16.1 Å². The summed E-state index contributed by atoms with van der Waals surface area (Å²) in [6.07, 6.45) is 0. The van der Waals surface area contributed by atoms with Gasteiger partial charge in [-0.1, -0.05) is 54.1 Å². The third-order valence-corrected chi connectivity index (χ3v) is 4.12. The monoisotopic (exact) mass is 315 g/mol. The minimum atomic E-state index is -0.207. The van der Waals surface area contributed by atoms with Crippen molar-refractivity contribution in [1.82, 2.24) is 4.90 Å². The first-order valence-electron chi connectivity index (χ1n) is 7.42. The zero-order valence-corrected chi connectivity index (χ0v) is 13.2. The molecule has 0 radical (unpaired) electrons. The van der Waals surface area contributed by atoms with Crippen molar-refractivity contribution < 1.29 is 9.53 Å². The van der Waals surface area contributed by atoms with E-state index in [0.717, 1.165) is 12.1 Å². The number of hydrogen-bond acceptors (Lipinski definition) is 3. The van der Waals surface area contributed by atoms with Crippen LogP contribution < -0.4 is 0 Å². The Morgan fingerprint density at radius 1 is 1.14 bits per heavy atom. The molecule has 3 nitrogen and oxygen atoms in total. The highest BCUT2D eigenvalue weighted by Gasteiger charge is 2.54. The maximum Gasteiger partial charge on any atom is 0.325 e. The highest BCUT2D eigenvalue weighted by atomic mass is 35.5. The van der Waals surface area contributed by atoms with E-state index in [9.17, 15) is 4.79 Å². The summed E-state index contributed by atoms with van der Waals surface area (Å²) in [5.74, 6) is -0.154. The number of hydrogen-bond donors (Lipinski definition) is 0. The largest absolute Gasteiger partial charge is 0.465 e. The molecule has 0 aromatic heterocycles. The minimum Gasteiger partial charge on any atom is -0.465 e. The van der Waals surface area contributed by atoms with Gasteiger partial charge in [-0.15, -0.1) is 0 Å². The molecule has 1 aliphatic rings. The molecule has 1 saturated heterocycles. The Morgan fingerprint density at radius 3 is 2.45 bits per heavy atom. The van der Waals surface area contributed by atoms with Crippen molar-refractivity contribution in [3.8, 4) is 0 Å². The lowest BCUT2D eigenvalue weighted by Crippen LogP contribution is -2.16. The second-order valence-corrected chi connectivity index (χ2v) is 5.79. The number of nitrogens with zero attached hydrogens (tertiary/aromatic N) is 1. The van der Waals surface area contributed by atoms with Crippen molar-refractivity contribution in [2.24, 2.45) is 0 Å². The smallest absolute Gasteiger partial charge is 0.325 e. The summed E-state index contributed by atoms with van der Waals surface area (Å²) in [7, 11) is 0. The Labute approximate surface area is 135 Å². The van der Waals surface area contributed by atoms with Crippen LogP contribution in [0.15, 0.2) is 54.6 Å². The van der Waals surface area contributed by atoms with Crippen LogP contribution in [0.3, 0.4) is 0 Å². The lowest BCUT2D eigenvalue weighted by atomic mass is 10.1. The first-order chi connectivity index (χ1) is 10.7. The molecule has 0 saturated carbocycles. The van der Waals surface area contributed by atoms with Gasteiger partial charge < -0.3 is 4.74 Å². The third-order valence-electron chi connectivity index (χ3n) is 3.87. The van der Waals surface area contributed by atoms with E-state index in [-0.39, 0.29) is 18.1 Å². The van der Waals surface area contributed by atoms with E-state index in [4.69, 9.17) is 16.3 Å². The van der Waals surface area contributed by atoms with Gasteiger partial charge in [-0.25, -0.2) is 0 Å². The average Bonchev–Trinajstić information content (AvgIpc) is 3.23. The fourth-order valence-corrected chi connectivity index (χ4v) is 2.92. The standard InChI is InChI=1S/C18H18ClNO2/c1-2-22-18(21)17-16(14-8-10-15(19)11-9-14)20(17)12-13-6-4-3-5-7-13/h3-11,16-17H,2,12H2,1H3. The van der Waals surface area contributed by atoms with E-state index in [1.165, 1.54) is 5.56 Å². The Balaban J connectivity index is 1.79. The van der Waals surface area contributed by atoms with Gasteiger partial charge in [0.25, 0.3) is 0 Å². The minimum absolute atomic E-state index is 0.0662. The lowest BCUT2D eigenvalue weighted by molar-refractivity contribution is -0.143. The van der Waals surface area contributed by atoms with Gasteiger partial charge in [-0.05, 0) is 30.2 Å². The highest BCUT2D eigenvalue weighted by molar-refractivity contribution is 6.30. The molecule has 4 heteroatoms. The van der Waals surface area contributed by atoms with E-state index in [2.05, 4.69) is 17.0 Å². The molecule has 114 valence electrons. The molecule has 2 aromatic carbocycles. The normalized spacial score (nSPS) is 23.1. The number of halogens is 1. The molecule has 1 aliphatic heterocycles. The van der Waals surface area contributed by atoms with Crippen LogP contribution in [0.2, 0.25) is 5.02 Å². The number of carbonyl (C=O) groups is 1. The molecular formula is C18H18ClNO2. The van der Waals surface area contributed by atoms with Crippen molar-refractivity contribution in [3.63, 3.8) is 0 Å². The quantitative estimate of drug-likeness (QED) is 0.620. The summed E-state index contributed by atoms with van der Waals surface area (Å²) in [5.41, 5.74) is 2.28. The van der Waals surface area contributed by atoms with Crippen LogP contribution in [-0.4, -0.2) is 23.5 Å². The molecule has 1 heterocycles. The van der Waals surface area contributed by atoms with Gasteiger partial charge in [-0.2, -0.15) is 0 Å². The lowest BCUT2D eigenvalue weighted by Gasteiger charge is -2.04. The van der Waals surface area contributed by atoms with E-state index < -0.39 is 0 Å². The van der Waals surface area contributed by atoms with Gasteiger partial charge in [-0.3, -0.25) is 9.69 Å². The summed E-state index contributed by atoms with van der Waals surface area (Å²) in [6, 6.07) is 17.7. The van der Waals surface area contributed by atoms with Crippen LogP contribution in [0.5, 0.6) is 0 Å². The topological polar surface area (TPSA) is 29.3 Å². The van der Waals surface area contributed by atoms with Gasteiger partial charge in [0.05, 0.1) is 12.6 Å². The Hall–Kier alpha value is -1.84. The molecule has 22 heavy (non-hydrogen) atoms. The van der Waals surface area contributed by atoms with Crippen LogP contribution in [0.25, 0.3) is 0 Å². The molecule has 3 rings (SSSR count). The van der Waals surface area contributed by atoms with Crippen molar-refractivity contribution in [1.29, 1.82) is 0 Å². The molecule has 0 aliphatic carbocycles. The number of carbonyl (C=O) groups excluding carboxylic acids is 1. The Bertz CT molecular complexity index is 642. The predicted octanol–water partition coefficient (Wildman–Crippen LogP) is 3.83. The molecule has 0 spiro atoms. The first kappa shape index (κ1) is 15.1. The summed E-state index contributed by atoms with van der Waals surface area (Å²) in [5, 5.41) is 0.701. The molecule has 0 amide bonds. The van der Waals surface area contributed by atoms with Crippen LogP contribution in [0, 0.1) is 0 Å². The molecule has 0 N–H and O–H groups in total. The highest BCUT2D eigenvalue weighted by Crippen LogP contribution is 2.45. The summed E-state index contributed by atoms with van der Waals surface area (Å²) < 4.78 is 5.20. The maximum absolute atomic E-state index is 12.2. The number of esters is 1. The van der Waals surface area contributed by atoms with Crippen LogP contribution in [0.4, 0.5) is 0 Å². The number of rotatable bonds is 5. The molecule has 1 fully saturated rings. The maximum atomic E-state index is 12.2. The van der Waals surface area contributed by atoms with E-state index in [0.29, 0.717) is 11.6 Å². The van der Waals surface area contributed by atoms with Crippen molar-refractivity contribution >= 4 is 17.6 Å². The zero-order valence-electron chi connectivity index (χ0n) is 12.4. The van der Waals surface area contributed by atoms with Crippen molar-refractivity contribution in [3.05, 3.63) is 70.7 Å². The Kier molecular flexibility index (Phi) is 4.46. The van der Waals surface area contributed by atoms with E-state index in [1.807, 2.05) is 49.4 Å². The molecule has 0 bridgehead atoms. The van der Waals surface area contributed by atoms with Crippen molar-refractivity contribution in [2.45, 2.75) is 25.6 Å². The number of benzene rings is 2. The summed E-state index contributed by atoms with van der Waals surface area (Å²) >= 11 is 5.95. The predicted molar refractivity (Wildman–Crippen MR) is 86.6 cm³/mol. The van der Waals surface area contributed by atoms with E-state index in [1.54, 1.807) is 0 Å².